The Kier molecular flexibility index (Phi) is 4.52. The number of nitrogens with one attached hydrogen (secondary N) is 1. The molecule has 1 unspecified atom stereocenters. The van der Waals surface area contributed by atoms with Crippen molar-refractivity contribution in [1.82, 2.24) is 0 Å². The molecular weight excluding hydrogens is 276 g/mol. The number of methoxy groups -OCH3 is 1. The summed E-state index contributed by atoms with van der Waals surface area (Å²) in [7, 11) is 1.30. The van der Waals surface area contributed by atoms with Gasteiger partial charge in [-0.05, 0) is 31.2 Å². The van der Waals surface area contributed by atoms with Gasteiger partial charge in [0.1, 0.15) is 11.6 Å². The van der Waals surface area contributed by atoms with Crippen molar-refractivity contribution in [2.75, 3.05) is 12.4 Å². The maximum atomic E-state index is 13.7. The molecule has 3 nitrogen and oxygen atoms in total. The number of carbonyl (C=O) groups excluding carboxylic acids is 1. The second-order valence-electron chi connectivity index (χ2n) is 4.60. The molecule has 0 saturated heterocycles. The standard InChI is InChI=1S/C16H15F2NO2/c1-10(14-7-6-12(17)9-15(14)18)19-13-5-3-4-11(8-13)16(20)21-2/h3-10,19H,1-2H3. The number of ether oxygens (including phenoxy) is 1. The molecule has 0 fully saturated rings. The van der Waals surface area contributed by atoms with Crippen molar-refractivity contribution in [2.45, 2.75) is 13.0 Å². The zero-order valence-electron chi connectivity index (χ0n) is 11.7. The van der Waals surface area contributed by atoms with Crippen LogP contribution in [0.2, 0.25) is 0 Å². The molecule has 5 heteroatoms. The molecular formula is C16H15F2NO2. The fourth-order valence-electron chi connectivity index (χ4n) is 2.03. The predicted molar refractivity (Wildman–Crippen MR) is 76.2 cm³/mol. The zero-order chi connectivity index (χ0) is 15.4. The molecule has 2 aromatic carbocycles. The second-order valence-corrected chi connectivity index (χ2v) is 4.60. The molecule has 110 valence electrons. The van der Waals surface area contributed by atoms with Gasteiger partial charge in [0.15, 0.2) is 0 Å². The van der Waals surface area contributed by atoms with Crippen LogP contribution in [0.4, 0.5) is 14.5 Å². The van der Waals surface area contributed by atoms with Gasteiger partial charge in [0.25, 0.3) is 0 Å². The normalized spacial score (nSPS) is 11.8. The molecule has 0 aliphatic heterocycles. The summed E-state index contributed by atoms with van der Waals surface area (Å²) in [6.07, 6.45) is 0. The number of esters is 1. The van der Waals surface area contributed by atoms with Gasteiger partial charge in [0.05, 0.1) is 18.7 Å². The largest absolute Gasteiger partial charge is 0.465 e. The molecule has 2 rings (SSSR count). The molecule has 2 aromatic rings. The van der Waals surface area contributed by atoms with Crippen molar-refractivity contribution in [3.63, 3.8) is 0 Å². The first kappa shape index (κ1) is 15.0. The van der Waals surface area contributed by atoms with Crippen LogP contribution in [-0.4, -0.2) is 13.1 Å². The molecule has 0 spiro atoms. The molecule has 0 aliphatic carbocycles. The number of benzene rings is 2. The van der Waals surface area contributed by atoms with E-state index in [2.05, 4.69) is 10.1 Å². The summed E-state index contributed by atoms with van der Waals surface area (Å²) in [5.41, 5.74) is 1.39. The summed E-state index contributed by atoms with van der Waals surface area (Å²) in [6, 6.07) is 9.77. The SMILES string of the molecule is COC(=O)c1cccc(NC(C)c2ccc(F)cc2F)c1. The summed E-state index contributed by atoms with van der Waals surface area (Å²) in [6.45, 7) is 1.75. The fourth-order valence-corrected chi connectivity index (χ4v) is 2.03. The Labute approximate surface area is 121 Å². The summed E-state index contributed by atoms with van der Waals surface area (Å²) in [5, 5.41) is 3.07. The van der Waals surface area contributed by atoms with Gasteiger partial charge in [0.2, 0.25) is 0 Å². The highest BCUT2D eigenvalue weighted by molar-refractivity contribution is 5.90. The maximum Gasteiger partial charge on any atom is 0.337 e. The van der Waals surface area contributed by atoms with Crippen LogP contribution in [0, 0.1) is 11.6 Å². The first-order chi connectivity index (χ1) is 10.0. The van der Waals surface area contributed by atoms with E-state index in [-0.39, 0.29) is 6.04 Å². The van der Waals surface area contributed by atoms with E-state index in [1.165, 1.54) is 19.2 Å². The topological polar surface area (TPSA) is 38.3 Å². The van der Waals surface area contributed by atoms with Gasteiger partial charge < -0.3 is 10.1 Å². The minimum atomic E-state index is -0.615. The number of carbonyl (C=O) groups is 1. The van der Waals surface area contributed by atoms with Gasteiger partial charge >= 0.3 is 5.97 Å². The van der Waals surface area contributed by atoms with Gasteiger partial charge in [-0.15, -0.1) is 0 Å². The second kappa shape index (κ2) is 6.35. The first-order valence-corrected chi connectivity index (χ1v) is 6.41. The third-order valence-corrected chi connectivity index (χ3v) is 3.10. The third-order valence-electron chi connectivity index (χ3n) is 3.10. The monoisotopic (exact) mass is 291 g/mol. The maximum absolute atomic E-state index is 13.7. The Bertz CT molecular complexity index is 658. The predicted octanol–water partition coefficient (Wildman–Crippen LogP) is 3.92. The number of hydrogen-bond acceptors (Lipinski definition) is 3. The minimum Gasteiger partial charge on any atom is -0.465 e. The van der Waals surface area contributed by atoms with Crippen molar-refractivity contribution in [3.8, 4) is 0 Å². The average Bonchev–Trinajstić information content (AvgIpc) is 2.46. The van der Waals surface area contributed by atoms with Gasteiger partial charge in [-0.2, -0.15) is 0 Å². The van der Waals surface area contributed by atoms with Crippen LogP contribution in [0.3, 0.4) is 0 Å². The van der Waals surface area contributed by atoms with Crippen molar-refractivity contribution < 1.29 is 18.3 Å². The Morgan fingerprint density at radius 2 is 1.95 bits per heavy atom. The molecule has 0 amide bonds. The van der Waals surface area contributed by atoms with Crippen molar-refractivity contribution >= 4 is 11.7 Å². The Morgan fingerprint density at radius 3 is 2.62 bits per heavy atom. The highest BCUT2D eigenvalue weighted by atomic mass is 19.1. The molecule has 0 aromatic heterocycles. The smallest absolute Gasteiger partial charge is 0.337 e. The third kappa shape index (κ3) is 3.56. The van der Waals surface area contributed by atoms with Crippen LogP contribution >= 0.6 is 0 Å². The zero-order valence-corrected chi connectivity index (χ0v) is 11.7. The minimum absolute atomic E-state index is 0.347. The van der Waals surface area contributed by atoms with Crippen molar-refractivity contribution in [1.29, 1.82) is 0 Å². The number of halogens is 2. The van der Waals surface area contributed by atoms with E-state index in [0.29, 0.717) is 16.8 Å². The van der Waals surface area contributed by atoms with Gasteiger partial charge in [-0.1, -0.05) is 12.1 Å². The average molecular weight is 291 g/mol. The Morgan fingerprint density at radius 1 is 1.19 bits per heavy atom. The van der Waals surface area contributed by atoms with Crippen LogP contribution in [0.25, 0.3) is 0 Å². The van der Waals surface area contributed by atoms with Crippen LogP contribution in [-0.2, 0) is 4.74 Å². The van der Waals surface area contributed by atoms with Crippen LogP contribution < -0.4 is 5.32 Å². The molecule has 0 radical (unpaired) electrons. The molecule has 0 saturated carbocycles. The lowest BCUT2D eigenvalue weighted by Crippen LogP contribution is -2.10. The van der Waals surface area contributed by atoms with E-state index in [1.54, 1.807) is 31.2 Å². The summed E-state index contributed by atoms with van der Waals surface area (Å²) >= 11 is 0. The summed E-state index contributed by atoms with van der Waals surface area (Å²) < 4.78 is 31.3. The van der Waals surface area contributed by atoms with Crippen LogP contribution in [0.5, 0.6) is 0 Å². The first-order valence-electron chi connectivity index (χ1n) is 6.41. The highest BCUT2D eigenvalue weighted by Crippen LogP contribution is 2.23. The Hall–Kier alpha value is -2.43. The molecule has 0 aliphatic rings. The summed E-state index contributed by atoms with van der Waals surface area (Å²) in [5.74, 6) is -1.67. The molecule has 1 N–H and O–H groups in total. The van der Waals surface area contributed by atoms with Crippen molar-refractivity contribution in [2.24, 2.45) is 0 Å². The lowest BCUT2D eigenvalue weighted by molar-refractivity contribution is 0.0601. The molecule has 0 heterocycles. The van der Waals surface area contributed by atoms with E-state index >= 15 is 0 Å². The van der Waals surface area contributed by atoms with E-state index in [0.717, 1.165) is 6.07 Å². The number of anilines is 1. The van der Waals surface area contributed by atoms with Gasteiger partial charge in [-0.25, -0.2) is 13.6 Å². The number of rotatable bonds is 4. The van der Waals surface area contributed by atoms with Crippen molar-refractivity contribution in [3.05, 3.63) is 65.2 Å². The van der Waals surface area contributed by atoms with E-state index in [4.69, 9.17) is 0 Å². The Balaban J connectivity index is 2.19. The quantitative estimate of drug-likeness (QED) is 0.868. The molecule has 21 heavy (non-hydrogen) atoms. The van der Waals surface area contributed by atoms with E-state index in [1.807, 2.05) is 0 Å². The lowest BCUT2D eigenvalue weighted by atomic mass is 10.1. The number of hydrogen-bond donors (Lipinski definition) is 1. The molecule has 1 atom stereocenters. The van der Waals surface area contributed by atoms with E-state index < -0.39 is 17.6 Å². The van der Waals surface area contributed by atoms with Crippen LogP contribution in [0.1, 0.15) is 28.9 Å². The fraction of sp³-hybridized carbons (Fsp3) is 0.188. The highest BCUT2D eigenvalue weighted by Gasteiger charge is 2.12. The molecule has 0 bridgehead atoms. The van der Waals surface area contributed by atoms with E-state index in [9.17, 15) is 13.6 Å². The van der Waals surface area contributed by atoms with Crippen LogP contribution in [0.15, 0.2) is 42.5 Å². The van der Waals surface area contributed by atoms with Gasteiger partial charge in [-0.3, -0.25) is 0 Å². The lowest BCUT2D eigenvalue weighted by Gasteiger charge is -2.17. The van der Waals surface area contributed by atoms with Gasteiger partial charge in [0, 0.05) is 17.3 Å². The summed E-state index contributed by atoms with van der Waals surface area (Å²) in [4.78, 5) is 11.5.